The zero-order chi connectivity index (χ0) is 10.6. The van der Waals surface area contributed by atoms with Gasteiger partial charge in [-0.3, -0.25) is 0 Å². The Morgan fingerprint density at radius 1 is 1.57 bits per heavy atom. The first kappa shape index (κ1) is 10.7. The van der Waals surface area contributed by atoms with Crippen molar-refractivity contribution in [1.82, 2.24) is 9.97 Å². The maximum absolute atomic E-state index is 9.32. The van der Waals surface area contributed by atoms with E-state index in [-0.39, 0.29) is 12.1 Å². The molecule has 1 heterocycles. The number of nitrogens with zero attached hydrogens (tertiary/aromatic N) is 2. The molecule has 0 spiro atoms. The maximum atomic E-state index is 9.32. The van der Waals surface area contributed by atoms with E-state index in [9.17, 15) is 5.11 Å². The van der Waals surface area contributed by atoms with Gasteiger partial charge in [0.1, 0.15) is 5.82 Å². The standard InChI is InChI=1S/C9H16N4O/c1-3-7(14)5-11-8-4-6(2)12-9(10)13-8/h4,7,14H,3,5H2,1-2H3,(H3,10,11,12,13)/t7-/m0/s1. The lowest BCUT2D eigenvalue weighted by Crippen LogP contribution is -2.19. The Balaban J connectivity index is 2.58. The number of nitrogens with two attached hydrogens (primary N) is 1. The van der Waals surface area contributed by atoms with E-state index < -0.39 is 0 Å². The molecule has 1 aromatic rings. The molecule has 0 bridgehead atoms. The normalized spacial score (nSPS) is 12.5. The van der Waals surface area contributed by atoms with Gasteiger partial charge in [-0.1, -0.05) is 6.92 Å². The molecule has 1 aromatic heterocycles. The molecular formula is C9H16N4O. The molecule has 0 aliphatic rings. The zero-order valence-corrected chi connectivity index (χ0v) is 8.49. The summed E-state index contributed by atoms with van der Waals surface area (Å²) in [6, 6.07) is 1.79. The lowest BCUT2D eigenvalue weighted by atomic mass is 10.3. The van der Waals surface area contributed by atoms with Crippen molar-refractivity contribution in [3.8, 4) is 0 Å². The van der Waals surface area contributed by atoms with Crippen LogP contribution in [0.4, 0.5) is 11.8 Å². The smallest absolute Gasteiger partial charge is 0.222 e. The predicted molar refractivity (Wildman–Crippen MR) is 56.0 cm³/mol. The summed E-state index contributed by atoms with van der Waals surface area (Å²) in [4.78, 5) is 7.93. The summed E-state index contributed by atoms with van der Waals surface area (Å²) in [5, 5.41) is 12.3. The van der Waals surface area contributed by atoms with Crippen molar-refractivity contribution in [1.29, 1.82) is 0 Å². The van der Waals surface area contributed by atoms with Gasteiger partial charge < -0.3 is 16.2 Å². The van der Waals surface area contributed by atoms with Gasteiger partial charge in [-0.2, -0.15) is 4.98 Å². The number of nitrogens with one attached hydrogen (secondary N) is 1. The molecule has 14 heavy (non-hydrogen) atoms. The van der Waals surface area contributed by atoms with Gasteiger partial charge in [-0.05, 0) is 13.3 Å². The highest BCUT2D eigenvalue weighted by Gasteiger charge is 2.02. The number of aromatic nitrogens is 2. The van der Waals surface area contributed by atoms with Crippen molar-refractivity contribution in [3.05, 3.63) is 11.8 Å². The fourth-order valence-electron chi connectivity index (χ4n) is 1.05. The first-order valence-electron chi connectivity index (χ1n) is 4.65. The Bertz CT molecular complexity index is 283. The molecule has 0 saturated carbocycles. The Kier molecular flexibility index (Phi) is 3.64. The van der Waals surface area contributed by atoms with Crippen LogP contribution in [-0.2, 0) is 0 Å². The Morgan fingerprint density at radius 2 is 2.29 bits per heavy atom. The van der Waals surface area contributed by atoms with Crippen LogP contribution in [0.25, 0.3) is 0 Å². The zero-order valence-electron chi connectivity index (χ0n) is 8.49. The second kappa shape index (κ2) is 4.76. The Morgan fingerprint density at radius 3 is 2.86 bits per heavy atom. The lowest BCUT2D eigenvalue weighted by Gasteiger charge is -2.10. The summed E-state index contributed by atoms with van der Waals surface area (Å²) < 4.78 is 0. The molecular weight excluding hydrogens is 180 g/mol. The van der Waals surface area contributed by atoms with Crippen molar-refractivity contribution in [2.45, 2.75) is 26.4 Å². The van der Waals surface area contributed by atoms with E-state index in [0.717, 1.165) is 5.69 Å². The van der Waals surface area contributed by atoms with Gasteiger partial charge in [0.15, 0.2) is 0 Å². The number of hydrogen-bond acceptors (Lipinski definition) is 5. The van der Waals surface area contributed by atoms with Crippen LogP contribution < -0.4 is 11.1 Å². The number of hydrogen-bond donors (Lipinski definition) is 3. The van der Waals surface area contributed by atoms with Crippen molar-refractivity contribution < 1.29 is 5.11 Å². The molecule has 0 aromatic carbocycles. The predicted octanol–water partition coefficient (Wildman–Crippen LogP) is 0.550. The number of anilines is 2. The second-order valence-electron chi connectivity index (χ2n) is 3.20. The van der Waals surface area contributed by atoms with Gasteiger partial charge in [-0.15, -0.1) is 0 Å². The SMILES string of the molecule is CC[C@H](O)CNc1cc(C)nc(N)n1. The van der Waals surface area contributed by atoms with E-state index in [4.69, 9.17) is 5.73 Å². The average molecular weight is 196 g/mol. The number of aryl methyl sites for hydroxylation is 1. The van der Waals surface area contributed by atoms with Gasteiger partial charge in [0.05, 0.1) is 6.10 Å². The molecule has 0 amide bonds. The molecule has 0 unspecified atom stereocenters. The molecule has 78 valence electrons. The summed E-state index contributed by atoms with van der Waals surface area (Å²) >= 11 is 0. The quantitative estimate of drug-likeness (QED) is 0.655. The van der Waals surface area contributed by atoms with Crippen LogP contribution in [0.2, 0.25) is 0 Å². The van der Waals surface area contributed by atoms with Gasteiger partial charge >= 0.3 is 0 Å². The summed E-state index contributed by atoms with van der Waals surface area (Å²) in [5.74, 6) is 0.904. The molecule has 5 nitrogen and oxygen atoms in total. The average Bonchev–Trinajstić information content (AvgIpc) is 2.12. The van der Waals surface area contributed by atoms with Crippen LogP contribution in [0.15, 0.2) is 6.07 Å². The van der Waals surface area contributed by atoms with Crippen molar-refractivity contribution in [2.75, 3.05) is 17.6 Å². The minimum Gasteiger partial charge on any atom is -0.391 e. The van der Waals surface area contributed by atoms with E-state index in [0.29, 0.717) is 18.8 Å². The van der Waals surface area contributed by atoms with E-state index >= 15 is 0 Å². The van der Waals surface area contributed by atoms with E-state index in [2.05, 4.69) is 15.3 Å². The third kappa shape index (κ3) is 3.18. The van der Waals surface area contributed by atoms with Crippen molar-refractivity contribution >= 4 is 11.8 Å². The van der Waals surface area contributed by atoms with Crippen LogP contribution in [0.5, 0.6) is 0 Å². The number of aliphatic hydroxyl groups is 1. The maximum Gasteiger partial charge on any atom is 0.222 e. The van der Waals surface area contributed by atoms with E-state index in [1.54, 1.807) is 6.07 Å². The third-order valence-corrected chi connectivity index (χ3v) is 1.86. The third-order valence-electron chi connectivity index (χ3n) is 1.86. The summed E-state index contributed by atoms with van der Waals surface area (Å²) in [5.41, 5.74) is 6.28. The molecule has 1 atom stereocenters. The number of rotatable bonds is 4. The first-order valence-corrected chi connectivity index (χ1v) is 4.65. The van der Waals surface area contributed by atoms with E-state index in [1.807, 2.05) is 13.8 Å². The van der Waals surface area contributed by atoms with Crippen LogP contribution in [0.3, 0.4) is 0 Å². The molecule has 0 aliphatic carbocycles. The minimum absolute atomic E-state index is 0.249. The highest BCUT2D eigenvalue weighted by Crippen LogP contribution is 2.07. The topological polar surface area (TPSA) is 84.1 Å². The van der Waals surface area contributed by atoms with Crippen LogP contribution in [0, 0.1) is 6.92 Å². The fraction of sp³-hybridized carbons (Fsp3) is 0.556. The number of aliphatic hydroxyl groups excluding tert-OH is 1. The summed E-state index contributed by atoms with van der Waals surface area (Å²) in [7, 11) is 0. The highest BCUT2D eigenvalue weighted by molar-refractivity contribution is 5.40. The van der Waals surface area contributed by atoms with Gasteiger partial charge in [0, 0.05) is 18.3 Å². The van der Waals surface area contributed by atoms with Crippen LogP contribution in [-0.4, -0.2) is 27.7 Å². The van der Waals surface area contributed by atoms with Gasteiger partial charge in [0.25, 0.3) is 0 Å². The van der Waals surface area contributed by atoms with Crippen LogP contribution >= 0.6 is 0 Å². The highest BCUT2D eigenvalue weighted by atomic mass is 16.3. The molecule has 0 fully saturated rings. The molecule has 0 radical (unpaired) electrons. The Hall–Kier alpha value is -1.36. The monoisotopic (exact) mass is 196 g/mol. The fourth-order valence-corrected chi connectivity index (χ4v) is 1.05. The lowest BCUT2D eigenvalue weighted by molar-refractivity contribution is 0.183. The minimum atomic E-state index is -0.355. The summed E-state index contributed by atoms with van der Waals surface area (Å²) in [6.07, 6.45) is 0.360. The van der Waals surface area contributed by atoms with E-state index in [1.165, 1.54) is 0 Å². The Labute approximate surface area is 83.4 Å². The molecule has 0 saturated heterocycles. The second-order valence-corrected chi connectivity index (χ2v) is 3.20. The van der Waals surface area contributed by atoms with Gasteiger partial charge in [0.2, 0.25) is 5.95 Å². The van der Waals surface area contributed by atoms with Crippen LogP contribution in [0.1, 0.15) is 19.0 Å². The van der Waals surface area contributed by atoms with Crippen molar-refractivity contribution in [2.24, 2.45) is 0 Å². The van der Waals surface area contributed by atoms with Crippen molar-refractivity contribution in [3.63, 3.8) is 0 Å². The molecule has 0 aliphatic heterocycles. The molecule has 5 heteroatoms. The molecule has 4 N–H and O–H groups in total. The van der Waals surface area contributed by atoms with Gasteiger partial charge in [-0.25, -0.2) is 4.98 Å². The molecule has 1 rings (SSSR count). The summed E-state index contributed by atoms with van der Waals surface area (Å²) in [6.45, 7) is 4.25. The first-order chi connectivity index (χ1) is 6.61. The largest absolute Gasteiger partial charge is 0.391 e. The number of nitrogen functional groups attached to an aromatic ring is 1.